The van der Waals surface area contributed by atoms with Crippen LogP contribution in [0.1, 0.15) is 32.8 Å². The molecule has 2 aromatic heterocycles. The average Bonchev–Trinajstić information content (AvgIpc) is 3.39. The number of primary amides is 1. The first kappa shape index (κ1) is 22.4. The van der Waals surface area contributed by atoms with Crippen LogP contribution >= 0.6 is 23.1 Å². The Labute approximate surface area is 204 Å². The Hall–Kier alpha value is -3.43. The van der Waals surface area contributed by atoms with E-state index in [1.807, 2.05) is 43.3 Å². The van der Waals surface area contributed by atoms with E-state index < -0.39 is 5.91 Å². The van der Waals surface area contributed by atoms with Crippen molar-refractivity contribution in [2.45, 2.75) is 31.3 Å². The van der Waals surface area contributed by atoms with Crippen molar-refractivity contribution >= 4 is 50.8 Å². The van der Waals surface area contributed by atoms with Crippen LogP contribution in [0.3, 0.4) is 0 Å². The average molecular weight is 491 g/mol. The van der Waals surface area contributed by atoms with Crippen molar-refractivity contribution in [2.75, 3.05) is 11.1 Å². The molecule has 0 saturated heterocycles. The first-order chi connectivity index (χ1) is 16.4. The molecule has 0 radical (unpaired) electrons. The summed E-state index contributed by atoms with van der Waals surface area (Å²) in [5.74, 6) is -0.782. The molecule has 2 heterocycles. The monoisotopic (exact) mass is 490 g/mol. The number of rotatable bonds is 6. The number of aromatic nitrogens is 2. The number of anilines is 1. The molecule has 0 aliphatic heterocycles. The van der Waals surface area contributed by atoms with Gasteiger partial charge in [0, 0.05) is 4.88 Å². The Morgan fingerprint density at radius 3 is 2.71 bits per heavy atom. The number of amides is 2. The van der Waals surface area contributed by atoms with Gasteiger partial charge in [-0.05, 0) is 55.5 Å². The fourth-order valence-electron chi connectivity index (χ4n) is 4.28. The highest BCUT2D eigenvalue weighted by molar-refractivity contribution is 7.99. The maximum atomic E-state index is 13.4. The Bertz CT molecular complexity index is 1510. The van der Waals surface area contributed by atoms with E-state index in [1.54, 1.807) is 16.7 Å². The lowest BCUT2D eigenvalue weighted by atomic mass is 10.1. The Morgan fingerprint density at radius 2 is 1.91 bits per heavy atom. The fourth-order valence-corrected chi connectivity index (χ4v) is 6.40. The quantitative estimate of drug-likeness (QED) is 0.313. The van der Waals surface area contributed by atoms with Crippen LogP contribution in [-0.4, -0.2) is 27.1 Å². The van der Waals surface area contributed by atoms with E-state index in [9.17, 15) is 14.4 Å². The van der Waals surface area contributed by atoms with Crippen molar-refractivity contribution in [1.82, 2.24) is 9.55 Å². The summed E-state index contributed by atoms with van der Waals surface area (Å²) >= 11 is 2.60. The van der Waals surface area contributed by atoms with Crippen LogP contribution in [0.2, 0.25) is 0 Å². The van der Waals surface area contributed by atoms with Crippen LogP contribution in [0, 0.1) is 6.92 Å². The van der Waals surface area contributed by atoms with Gasteiger partial charge in [-0.15, -0.1) is 11.3 Å². The summed E-state index contributed by atoms with van der Waals surface area (Å²) in [5, 5.41) is 4.30. The van der Waals surface area contributed by atoms with Gasteiger partial charge in [-0.3, -0.25) is 19.0 Å². The summed E-state index contributed by atoms with van der Waals surface area (Å²) in [6.45, 7) is 1.93. The van der Waals surface area contributed by atoms with E-state index in [2.05, 4.69) is 5.32 Å². The summed E-state index contributed by atoms with van der Waals surface area (Å²) in [4.78, 5) is 44.1. The normalized spacial score (nSPS) is 12.6. The van der Waals surface area contributed by atoms with E-state index in [4.69, 9.17) is 10.7 Å². The predicted octanol–water partition coefficient (Wildman–Crippen LogP) is 4.07. The SMILES string of the molecule is Cc1ccccc1-n1c(SCC(=O)Nc2sc3c(c2C(N)=O)CCC3)nc2ccccc2c1=O. The number of fused-ring (bicyclic) bond motifs is 2. The van der Waals surface area contributed by atoms with Gasteiger partial charge in [-0.2, -0.15) is 0 Å². The number of para-hydroxylation sites is 2. The number of nitrogens with one attached hydrogen (secondary N) is 1. The highest BCUT2D eigenvalue weighted by Gasteiger charge is 2.26. The number of hydrogen-bond acceptors (Lipinski definition) is 6. The van der Waals surface area contributed by atoms with Gasteiger partial charge in [0.1, 0.15) is 5.00 Å². The molecule has 0 atom stereocenters. The smallest absolute Gasteiger partial charge is 0.266 e. The molecule has 3 N–H and O–H groups in total. The first-order valence-corrected chi connectivity index (χ1v) is 12.7. The van der Waals surface area contributed by atoms with Gasteiger partial charge in [0.15, 0.2) is 5.16 Å². The molecular formula is C25H22N4O3S2. The third kappa shape index (κ3) is 4.01. The summed E-state index contributed by atoms with van der Waals surface area (Å²) in [6.07, 6.45) is 2.70. The molecule has 9 heteroatoms. The zero-order valence-electron chi connectivity index (χ0n) is 18.5. The number of thiophene rings is 1. The number of benzene rings is 2. The van der Waals surface area contributed by atoms with Crippen LogP contribution in [-0.2, 0) is 17.6 Å². The molecule has 5 rings (SSSR count). The third-order valence-corrected chi connectivity index (χ3v) is 8.00. The number of nitrogens with two attached hydrogens (primary N) is 1. The predicted molar refractivity (Wildman–Crippen MR) is 136 cm³/mol. The summed E-state index contributed by atoms with van der Waals surface area (Å²) in [5.41, 5.74) is 9.03. The topological polar surface area (TPSA) is 107 Å². The van der Waals surface area contributed by atoms with E-state index in [1.165, 1.54) is 23.1 Å². The van der Waals surface area contributed by atoms with Crippen molar-refractivity contribution < 1.29 is 9.59 Å². The van der Waals surface area contributed by atoms with E-state index >= 15 is 0 Å². The number of carbonyl (C=O) groups is 2. The van der Waals surface area contributed by atoms with Gasteiger partial charge in [0.25, 0.3) is 11.5 Å². The number of carbonyl (C=O) groups excluding carboxylic acids is 2. The number of nitrogens with zero attached hydrogens (tertiary/aromatic N) is 2. The zero-order chi connectivity index (χ0) is 23.8. The zero-order valence-corrected chi connectivity index (χ0v) is 20.1. The van der Waals surface area contributed by atoms with Crippen molar-refractivity contribution in [3.8, 4) is 5.69 Å². The lowest BCUT2D eigenvalue weighted by Gasteiger charge is -2.15. The number of thioether (sulfide) groups is 1. The lowest BCUT2D eigenvalue weighted by Crippen LogP contribution is -2.23. The van der Waals surface area contributed by atoms with Crippen molar-refractivity contribution in [1.29, 1.82) is 0 Å². The van der Waals surface area contributed by atoms with Crippen LogP contribution in [0.5, 0.6) is 0 Å². The number of hydrogen-bond donors (Lipinski definition) is 2. The minimum atomic E-state index is -0.521. The molecule has 4 aromatic rings. The van der Waals surface area contributed by atoms with Crippen LogP contribution in [0.15, 0.2) is 58.5 Å². The van der Waals surface area contributed by atoms with E-state index in [0.717, 1.165) is 41.0 Å². The van der Waals surface area contributed by atoms with Gasteiger partial charge in [-0.25, -0.2) is 4.98 Å². The van der Waals surface area contributed by atoms with Crippen LogP contribution in [0.25, 0.3) is 16.6 Å². The second kappa shape index (κ2) is 9.08. The van der Waals surface area contributed by atoms with Gasteiger partial charge < -0.3 is 11.1 Å². The summed E-state index contributed by atoms with van der Waals surface area (Å²) < 4.78 is 1.56. The van der Waals surface area contributed by atoms with E-state index in [-0.39, 0.29) is 17.2 Å². The van der Waals surface area contributed by atoms with Gasteiger partial charge in [0.2, 0.25) is 5.91 Å². The van der Waals surface area contributed by atoms with E-state index in [0.29, 0.717) is 26.6 Å². The van der Waals surface area contributed by atoms with Crippen LogP contribution < -0.4 is 16.6 Å². The molecule has 7 nitrogen and oxygen atoms in total. The van der Waals surface area contributed by atoms with Crippen molar-refractivity contribution in [3.05, 3.63) is 80.5 Å². The van der Waals surface area contributed by atoms with Gasteiger partial charge in [0.05, 0.1) is 27.9 Å². The molecule has 0 spiro atoms. The molecule has 0 fully saturated rings. The summed E-state index contributed by atoms with van der Waals surface area (Å²) in [6, 6.07) is 14.7. The molecule has 0 unspecified atom stereocenters. The number of aryl methyl sites for hydroxylation is 2. The largest absolute Gasteiger partial charge is 0.365 e. The van der Waals surface area contributed by atoms with Crippen LogP contribution in [0.4, 0.5) is 5.00 Å². The summed E-state index contributed by atoms with van der Waals surface area (Å²) in [7, 11) is 0. The molecule has 1 aliphatic carbocycles. The lowest BCUT2D eigenvalue weighted by molar-refractivity contribution is -0.113. The molecule has 172 valence electrons. The highest BCUT2D eigenvalue weighted by Crippen LogP contribution is 2.39. The fraction of sp³-hybridized carbons (Fsp3) is 0.200. The molecule has 0 bridgehead atoms. The third-order valence-electron chi connectivity index (χ3n) is 5.85. The molecule has 34 heavy (non-hydrogen) atoms. The highest BCUT2D eigenvalue weighted by atomic mass is 32.2. The van der Waals surface area contributed by atoms with Crippen molar-refractivity contribution in [3.63, 3.8) is 0 Å². The molecule has 2 aromatic carbocycles. The Kier molecular flexibility index (Phi) is 5.97. The molecular weight excluding hydrogens is 468 g/mol. The standard InChI is InChI=1S/C25H22N4O3S2/c1-14-7-2-5-11-18(14)29-24(32)15-8-3-4-10-17(15)27-25(29)33-13-20(30)28-23-21(22(26)31)16-9-6-12-19(16)34-23/h2-5,7-8,10-11H,6,9,12-13H2,1H3,(H2,26,31)(H,28,30). The second-order valence-electron chi connectivity index (χ2n) is 8.10. The molecule has 0 saturated carbocycles. The van der Waals surface area contributed by atoms with Gasteiger partial charge in [-0.1, -0.05) is 42.1 Å². The first-order valence-electron chi connectivity index (χ1n) is 10.9. The van der Waals surface area contributed by atoms with Gasteiger partial charge >= 0.3 is 0 Å². The Balaban J connectivity index is 1.46. The maximum Gasteiger partial charge on any atom is 0.266 e. The molecule has 1 aliphatic rings. The Morgan fingerprint density at radius 1 is 1.15 bits per heavy atom. The minimum absolute atomic E-state index is 0.0252. The molecule has 2 amide bonds. The maximum absolute atomic E-state index is 13.4. The second-order valence-corrected chi connectivity index (χ2v) is 10.1. The minimum Gasteiger partial charge on any atom is -0.365 e. The van der Waals surface area contributed by atoms with Crippen molar-refractivity contribution in [2.24, 2.45) is 5.73 Å².